The molecule has 0 amide bonds. The molecule has 0 aliphatic carbocycles. The summed E-state index contributed by atoms with van der Waals surface area (Å²) in [6, 6.07) is 8.22. The Bertz CT molecular complexity index is 1170. The molecule has 3 aromatic rings. The van der Waals surface area contributed by atoms with Crippen molar-refractivity contribution in [2.75, 3.05) is 11.4 Å². The summed E-state index contributed by atoms with van der Waals surface area (Å²) in [4.78, 5) is 32.5. The van der Waals surface area contributed by atoms with E-state index < -0.39 is 0 Å². The topological polar surface area (TPSA) is 65.1 Å². The van der Waals surface area contributed by atoms with Gasteiger partial charge in [-0.3, -0.25) is 13.9 Å². The molecule has 0 saturated heterocycles. The average Bonchev–Trinajstić information content (AvgIpc) is 3.02. The lowest BCUT2D eigenvalue weighted by atomic mass is 10.1. The van der Waals surface area contributed by atoms with E-state index in [-0.39, 0.29) is 17.8 Å². The van der Waals surface area contributed by atoms with Crippen molar-refractivity contribution in [2.45, 2.75) is 26.9 Å². The van der Waals surface area contributed by atoms with Gasteiger partial charge in [0, 0.05) is 32.4 Å². The van der Waals surface area contributed by atoms with Crippen LogP contribution < -0.4 is 16.1 Å². The van der Waals surface area contributed by atoms with E-state index in [2.05, 4.69) is 37.5 Å². The van der Waals surface area contributed by atoms with Crippen molar-refractivity contribution >= 4 is 22.8 Å². The van der Waals surface area contributed by atoms with Crippen LogP contribution in [0.25, 0.3) is 11.2 Å². The molecule has 0 N–H and O–H groups in total. The maximum atomic E-state index is 13.1. The highest BCUT2D eigenvalue weighted by Gasteiger charge is 2.29. The molecular weight excluding hydrogens is 342 g/mol. The van der Waals surface area contributed by atoms with Crippen molar-refractivity contribution < 1.29 is 0 Å². The van der Waals surface area contributed by atoms with Gasteiger partial charge in [-0.25, -0.2) is 4.79 Å². The molecule has 1 aliphatic rings. The number of benzene rings is 1. The minimum atomic E-state index is -0.377. The summed E-state index contributed by atoms with van der Waals surface area (Å²) in [5.74, 6) is 1.04. The summed E-state index contributed by atoms with van der Waals surface area (Å²) in [5, 5.41) is 0. The van der Waals surface area contributed by atoms with E-state index in [0.717, 1.165) is 17.8 Å². The summed E-state index contributed by atoms with van der Waals surface area (Å²) in [6.45, 7) is 9.54. The molecule has 1 aromatic carbocycles. The first kappa shape index (κ1) is 17.3. The van der Waals surface area contributed by atoms with Gasteiger partial charge in [-0.2, -0.15) is 4.98 Å². The number of imidazole rings is 1. The lowest BCUT2D eigenvalue weighted by molar-refractivity contribution is 0.458. The summed E-state index contributed by atoms with van der Waals surface area (Å²) < 4.78 is 4.61. The molecule has 7 heteroatoms. The van der Waals surface area contributed by atoms with Crippen molar-refractivity contribution in [2.24, 2.45) is 13.0 Å². The monoisotopic (exact) mass is 365 g/mol. The number of nitrogens with zero attached hydrogens (tertiary/aromatic N) is 5. The van der Waals surface area contributed by atoms with Crippen LogP contribution in [-0.2, 0) is 20.1 Å². The largest absolute Gasteiger partial charge is 0.332 e. The van der Waals surface area contributed by atoms with E-state index in [1.54, 1.807) is 13.1 Å². The number of rotatable bonds is 3. The van der Waals surface area contributed by atoms with Gasteiger partial charge in [-0.15, -0.1) is 6.58 Å². The molecule has 1 aliphatic heterocycles. The van der Waals surface area contributed by atoms with Crippen LogP contribution in [0.5, 0.6) is 0 Å². The number of hydrogen-bond donors (Lipinski definition) is 0. The van der Waals surface area contributed by atoms with Gasteiger partial charge in [0.1, 0.15) is 0 Å². The molecule has 0 unspecified atom stereocenters. The van der Waals surface area contributed by atoms with Gasteiger partial charge in [0.25, 0.3) is 5.56 Å². The molecule has 140 valence electrons. The Hall–Kier alpha value is -3.09. The summed E-state index contributed by atoms with van der Waals surface area (Å²) in [5.41, 5.74) is 2.40. The first-order chi connectivity index (χ1) is 12.9. The van der Waals surface area contributed by atoms with E-state index in [4.69, 9.17) is 4.98 Å². The molecule has 2 aromatic heterocycles. The Morgan fingerprint density at radius 3 is 2.78 bits per heavy atom. The van der Waals surface area contributed by atoms with Gasteiger partial charge in [-0.05, 0) is 30.5 Å². The second-order valence-corrected chi connectivity index (χ2v) is 7.30. The number of fused-ring (bicyclic) bond motifs is 3. The van der Waals surface area contributed by atoms with Crippen LogP contribution in [0.15, 0.2) is 46.5 Å². The van der Waals surface area contributed by atoms with Crippen molar-refractivity contribution in [1.29, 1.82) is 0 Å². The van der Waals surface area contributed by atoms with Crippen LogP contribution in [0.3, 0.4) is 0 Å². The summed E-state index contributed by atoms with van der Waals surface area (Å²) in [7, 11) is 1.66. The second-order valence-electron chi connectivity index (χ2n) is 7.30. The predicted octanol–water partition coefficient (Wildman–Crippen LogP) is 2.18. The normalized spacial score (nSPS) is 16.6. The highest BCUT2D eigenvalue weighted by atomic mass is 16.2. The summed E-state index contributed by atoms with van der Waals surface area (Å²) >= 11 is 0. The average molecular weight is 365 g/mol. The fourth-order valence-corrected chi connectivity index (χ4v) is 3.81. The molecule has 4 rings (SSSR count). The minimum Gasteiger partial charge on any atom is -0.312 e. The molecule has 0 bridgehead atoms. The number of hydrogen-bond acceptors (Lipinski definition) is 4. The molecule has 7 nitrogen and oxygen atoms in total. The molecule has 3 heterocycles. The minimum absolute atomic E-state index is 0.180. The van der Waals surface area contributed by atoms with E-state index in [0.29, 0.717) is 29.6 Å². The van der Waals surface area contributed by atoms with Crippen LogP contribution >= 0.6 is 0 Å². The standard InChI is InChI=1S/C20H23N5O2/c1-5-9-23-18(26)16-17(22(4)20(23)27)21-19-24(11-14(3)12-25(16)19)15-8-6-7-13(2)10-15/h5-8,10,14H,1,9,11-12H2,2-4H3/t14-/m1/s1. The number of allylic oxidation sites excluding steroid dienone is 1. The smallest absolute Gasteiger partial charge is 0.312 e. The van der Waals surface area contributed by atoms with Crippen molar-refractivity contribution in [3.8, 4) is 0 Å². The molecular formula is C20H23N5O2. The number of anilines is 2. The highest BCUT2D eigenvalue weighted by Crippen LogP contribution is 2.33. The van der Waals surface area contributed by atoms with Crippen LogP contribution in [0.1, 0.15) is 12.5 Å². The zero-order valence-electron chi connectivity index (χ0n) is 15.8. The Balaban J connectivity index is 2.03. The molecule has 0 radical (unpaired) electrons. The van der Waals surface area contributed by atoms with Crippen LogP contribution in [0.2, 0.25) is 0 Å². The first-order valence-electron chi connectivity index (χ1n) is 9.07. The first-order valence-corrected chi connectivity index (χ1v) is 9.07. The lowest BCUT2D eigenvalue weighted by Crippen LogP contribution is -2.40. The van der Waals surface area contributed by atoms with E-state index in [9.17, 15) is 9.59 Å². The van der Waals surface area contributed by atoms with Gasteiger partial charge >= 0.3 is 5.69 Å². The zero-order chi connectivity index (χ0) is 19.3. The molecule has 1 atom stereocenters. The van der Waals surface area contributed by atoms with E-state index >= 15 is 0 Å². The van der Waals surface area contributed by atoms with Crippen LogP contribution in [-0.4, -0.2) is 25.2 Å². The van der Waals surface area contributed by atoms with Crippen molar-refractivity contribution in [3.05, 3.63) is 63.3 Å². The SMILES string of the molecule is C=CCn1c(=O)c2c(nc3n2C[C@H](C)CN3c2cccc(C)c2)n(C)c1=O. The molecule has 0 saturated carbocycles. The van der Waals surface area contributed by atoms with Gasteiger partial charge in [0.2, 0.25) is 5.95 Å². The third-order valence-corrected chi connectivity index (χ3v) is 5.07. The zero-order valence-corrected chi connectivity index (χ0v) is 15.8. The Kier molecular flexibility index (Phi) is 4.02. The number of aryl methyl sites for hydroxylation is 2. The Morgan fingerprint density at radius 2 is 2.07 bits per heavy atom. The molecule has 0 spiro atoms. The number of aromatic nitrogens is 4. The van der Waals surface area contributed by atoms with E-state index in [1.165, 1.54) is 9.13 Å². The van der Waals surface area contributed by atoms with Gasteiger partial charge in [-0.1, -0.05) is 25.1 Å². The Morgan fingerprint density at radius 1 is 1.30 bits per heavy atom. The fraction of sp³-hybridized carbons (Fsp3) is 0.350. The molecule has 0 fully saturated rings. The van der Waals surface area contributed by atoms with E-state index in [1.807, 2.05) is 16.7 Å². The quantitative estimate of drug-likeness (QED) is 0.668. The summed E-state index contributed by atoms with van der Waals surface area (Å²) in [6.07, 6.45) is 1.56. The van der Waals surface area contributed by atoms with Crippen LogP contribution in [0.4, 0.5) is 11.6 Å². The Labute approximate surface area is 156 Å². The van der Waals surface area contributed by atoms with Crippen molar-refractivity contribution in [3.63, 3.8) is 0 Å². The molecule has 27 heavy (non-hydrogen) atoms. The van der Waals surface area contributed by atoms with Gasteiger partial charge in [0.05, 0.1) is 0 Å². The third kappa shape index (κ3) is 2.61. The fourth-order valence-electron chi connectivity index (χ4n) is 3.81. The van der Waals surface area contributed by atoms with Crippen LogP contribution in [0, 0.1) is 12.8 Å². The lowest BCUT2D eigenvalue weighted by Gasteiger charge is -2.33. The van der Waals surface area contributed by atoms with Gasteiger partial charge in [0.15, 0.2) is 11.2 Å². The third-order valence-electron chi connectivity index (χ3n) is 5.07. The van der Waals surface area contributed by atoms with Crippen molar-refractivity contribution in [1.82, 2.24) is 18.7 Å². The predicted molar refractivity (Wildman–Crippen MR) is 107 cm³/mol. The maximum Gasteiger partial charge on any atom is 0.332 e. The van der Waals surface area contributed by atoms with Gasteiger partial charge < -0.3 is 9.47 Å². The second kappa shape index (κ2) is 6.26. The maximum absolute atomic E-state index is 13.1. The highest BCUT2D eigenvalue weighted by molar-refractivity contribution is 5.77.